The standard InChI is InChI=1S/C9H11F3N2O2/c1-8(2-3-8)7-13-6(16-14-7)4-5(15)9(10,11)12/h5,15H,2-4H2,1H3. The summed E-state index contributed by atoms with van der Waals surface area (Å²) < 4.78 is 40.8. The Kier molecular flexibility index (Phi) is 2.45. The number of aromatic nitrogens is 2. The Balaban J connectivity index is 2.03. The van der Waals surface area contributed by atoms with E-state index in [2.05, 4.69) is 14.7 Å². The summed E-state index contributed by atoms with van der Waals surface area (Å²) in [6.07, 6.45) is -5.97. The van der Waals surface area contributed by atoms with Gasteiger partial charge in [-0.15, -0.1) is 0 Å². The Bertz CT molecular complexity index is 384. The molecule has 2 rings (SSSR count). The van der Waals surface area contributed by atoms with E-state index in [0.717, 1.165) is 12.8 Å². The average molecular weight is 236 g/mol. The largest absolute Gasteiger partial charge is 0.414 e. The van der Waals surface area contributed by atoms with E-state index in [-0.39, 0.29) is 11.3 Å². The third kappa shape index (κ3) is 2.18. The van der Waals surface area contributed by atoms with E-state index in [9.17, 15) is 13.2 Å². The molecule has 1 aliphatic rings. The summed E-state index contributed by atoms with van der Waals surface area (Å²) in [5.41, 5.74) is -0.148. The van der Waals surface area contributed by atoms with Crippen LogP contribution in [-0.4, -0.2) is 27.5 Å². The summed E-state index contributed by atoms with van der Waals surface area (Å²) in [5.74, 6) is 0.254. The maximum Gasteiger partial charge on any atom is 0.414 e. The van der Waals surface area contributed by atoms with Gasteiger partial charge in [-0.3, -0.25) is 0 Å². The van der Waals surface area contributed by atoms with Gasteiger partial charge in [0.15, 0.2) is 11.9 Å². The molecule has 1 aromatic rings. The summed E-state index contributed by atoms with van der Waals surface area (Å²) in [5, 5.41) is 12.4. The number of nitrogens with zero attached hydrogens (tertiary/aromatic N) is 2. The van der Waals surface area contributed by atoms with Crippen LogP contribution in [0.2, 0.25) is 0 Å². The average Bonchev–Trinajstić information content (AvgIpc) is 2.75. The molecule has 16 heavy (non-hydrogen) atoms. The first-order valence-corrected chi connectivity index (χ1v) is 4.89. The van der Waals surface area contributed by atoms with Crippen LogP contribution in [0, 0.1) is 0 Å². The molecule has 0 radical (unpaired) electrons. The van der Waals surface area contributed by atoms with Crippen LogP contribution < -0.4 is 0 Å². The molecular formula is C9H11F3N2O2. The van der Waals surface area contributed by atoms with Crippen molar-refractivity contribution in [2.75, 3.05) is 0 Å². The predicted octanol–water partition coefficient (Wildman–Crippen LogP) is 1.59. The second kappa shape index (κ2) is 3.44. The van der Waals surface area contributed by atoms with Gasteiger partial charge < -0.3 is 9.63 Å². The van der Waals surface area contributed by atoms with Gasteiger partial charge in [-0.1, -0.05) is 12.1 Å². The highest BCUT2D eigenvalue weighted by molar-refractivity contribution is 5.14. The van der Waals surface area contributed by atoms with E-state index in [1.54, 1.807) is 0 Å². The minimum atomic E-state index is -4.65. The summed E-state index contributed by atoms with van der Waals surface area (Å²) in [6, 6.07) is 0. The smallest absolute Gasteiger partial charge is 0.383 e. The van der Waals surface area contributed by atoms with Gasteiger partial charge >= 0.3 is 6.18 Å². The lowest BCUT2D eigenvalue weighted by atomic mass is 10.1. The first kappa shape index (κ1) is 11.4. The molecule has 7 heteroatoms. The fraction of sp³-hybridized carbons (Fsp3) is 0.778. The van der Waals surface area contributed by atoms with Gasteiger partial charge in [0.05, 0.1) is 6.42 Å². The van der Waals surface area contributed by atoms with Crippen molar-refractivity contribution in [3.8, 4) is 0 Å². The fourth-order valence-electron chi connectivity index (χ4n) is 1.28. The lowest BCUT2D eigenvalue weighted by molar-refractivity contribution is -0.204. The quantitative estimate of drug-likeness (QED) is 0.865. The van der Waals surface area contributed by atoms with Gasteiger partial charge in [-0.2, -0.15) is 18.2 Å². The van der Waals surface area contributed by atoms with Gasteiger partial charge in [0.2, 0.25) is 5.89 Å². The van der Waals surface area contributed by atoms with E-state index >= 15 is 0 Å². The Morgan fingerprint density at radius 1 is 1.50 bits per heavy atom. The van der Waals surface area contributed by atoms with Crippen LogP contribution >= 0.6 is 0 Å². The van der Waals surface area contributed by atoms with Crippen molar-refractivity contribution in [3.63, 3.8) is 0 Å². The lowest BCUT2D eigenvalue weighted by Gasteiger charge is -2.11. The lowest BCUT2D eigenvalue weighted by Crippen LogP contribution is -2.30. The van der Waals surface area contributed by atoms with Gasteiger partial charge in [-0.05, 0) is 12.8 Å². The maximum absolute atomic E-state index is 12.0. The highest BCUT2D eigenvalue weighted by Gasteiger charge is 2.44. The predicted molar refractivity (Wildman–Crippen MR) is 46.6 cm³/mol. The molecule has 0 aromatic carbocycles. The van der Waals surface area contributed by atoms with Crippen LogP contribution in [0.25, 0.3) is 0 Å². The monoisotopic (exact) mass is 236 g/mol. The first-order chi connectivity index (χ1) is 7.31. The zero-order valence-electron chi connectivity index (χ0n) is 8.58. The molecule has 0 amide bonds. The molecule has 1 N–H and O–H groups in total. The van der Waals surface area contributed by atoms with Crippen LogP contribution in [0.5, 0.6) is 0 Å². The zero-order valence-corrected chi connectivity index (χ0v) is 8.58. The number of halogens is 3. The van der Waals surface area contributed by atoms with Crippen LogP contribution in [0.4, 0.5) is 13.2 Å². The van der Waals surface area contributed by atoms with Gasteiger partial charge in [-0.25, -0.2) is 0 Å². The number of hydrogen-bond donors (Lipinski definition) is 1. The minimum Gasteiger partial charge on any atom is -0.383 e. The zero-order chi connectivity index (χ0) is 12.0. The van der Waals surface area contributed by atoms with Gasteiger partial charge in [0, 0.05) is 5.41 Å². The fourth-order valence-corrected chi connectivity index (χ4v) is 1.28. The third-order valence-corrected chi connectivity index (χ3v) is 2.75. The van der Waals surface area contributed by atoms with Gasteiger partial charge in [0.25, 0.3) is 0 Å². The molecular weight excluding hydrogens is 225 g/mol. The number of hydrogen-bond acceptors (Lipinski definition) is 4. The molecule has 1 saturated carbocycles. The summed E-state index contributed by atoms with van der Waals surface area (Å²) in [6.45, 7) is 1.92. The molecule has 0 saturated heterocycles. The molecule has 0 spiro atoms. The Morgan fingerprint density at radius 3 is 2.62 bits per heavy atom. The molecule has 1 fully saturated rings. The topological polar surface area (TPSA) is 59.2 Å². The minimum absolute atomic E-state index is 0.148. The molecule has 90 valence electrons. The number of alkyl halides is 3. The second-order valence-electron chi connectivity index (χ2n) is 4.33. The Hall–Kier alpha value is -1.11. The highest BCUT2D eigenvalue weighted by Crippen LogP contribution is 2.46. The Labute approximate surface area is 89.5 Å². The van der Waals surface area contributed by atoms with Crippen molar-refractivity contribution in [1.82, 2.24) is 10.1 Å². The van der Waals surface area contributed by atoms with Crippen molar-refractivity contribution in [2.24, 2.45) is 0 Å². The van der Waals surface area contributed by atoms with Crippen LogP contribution in [0.3, 0.4) is 0 Å². The Morgan fingerprint density at radius 2 is 2.12 bits per heavy atom. The molecule has 4 nitrogen and oxygen atoms in total. The van der Waals surface area contributed by atoms with E-state index < -0.39 is 18.7 Å². The normalized spacial score (nSPS) is 20.8. The highest BCUT2D eigenvalue weighted by atomic mass is 19.4. The third-order valence-electron chi connectivity index (χ3n) is 2.75. The second-order valence-corrected chi connectivity index (χ2v) is 4.33. The van der Waals surface area contributed by atoms with E-state index in [4.69, 9.17) is 5.11 Å². The number of rotatable bonds is 3. The van der Waals surface area contributed by atoms with Crippen LogP contribution in [0.1, 0.15) is 31.5 Å². The van der Waals surface area contributed by atoms with Crippen molar-refractivity contribution in [2.45, 2.75) is 43.9 Å². The molecule has 1 aliphatic carbocycles. The first-order valence-electron chi connectivity index (χ1n) is 4.89. The van der Waals surface area contributed by atoms with Crippen molar-refractivity contribution < 1.29 is 22.8 Å². The van der Waals surface area contributed by atoms with Crippen molar-refractivity contribution >= 4 is 0 Å². The molecule has 0 aliphatic heterocycles. The summed E-state index contributed by atoms with van der Waals surface area (Å²) >= 11 is 0. The van der Waals surface area contributed by atoms with E-state index in [1.165, 1.54) is 0 Å². The number of aliphatic hydroxyl groups excluding tert-OH is 1. The number of aliphatic hydroxyl groups is 1. The van der Waals surface area contributed by atoms with Gasteiger partial charge in [0.1, 0.15) is 0 Å². The van der Waals surface area contributed by atoms with Crippen molar-refractivity contribution in [3.05, 3.63) is 11.7 Å². The van der Waals surface area contributed by atoms with E-state index in [0.29, 0.717) is 5.82 Å². The SMILES string of the molecule is CC1(c2noc(CC(O)C(F)(F)F)n2)CC1. The molecule has 1 unspecified atom stereocenters. The van der Waals surface area contributed by atoms with Crippen LogP contribution in [-0.2, 0) is 11.8 Å². The summed E-state index contributed by atoms with van der Waals surface area (Å²) in [4.78, 5) is 3.86. The molecule has 1 aromatic heterocycles. The maximum atomic E-state index is 12.0. The molecule has 1 atom stereocenters. The molecule has 1 heterocycles. The van der Waals surface area contributed by atoms with Crippen LogP contribution in [0.15, 0.2) is 4.52 Å². The molecule has 0 bridgehead atoms. The van der Waals surface area contributed by atoms with E-state index in [1.807, 2.05) is 6.92 Å². The summed E-state index contributed by atoms with van der Waals surface area (Å²) in [7, 11) is 0. The van der Waals surface area contributed by atoms with Crippen molar-refractivity contribution in [1.29, 1.82) is 0 Å².